The molecule has 28 heavy (non-hydrogen) atoms. The van der Waals surface area contributed by atoms with E-state index in [2.05, 4.69) is 0 Å². The lowest BCUT2D eigenvalue weighted by atomic mass is 9.85. The molecule has 4 rings (SSSR count). The smallest absolute Gasteiger partial charge is 0.170 e. The molecule has 1 atom stereocenters. The lowest BCUT2D eigenvalue weighted by molar-refractivity contribution is 0.0959. The molecule has 0 saturated heterocycles. The van der Waals surface area contributed by atoms with Crippen molar-refractivity contribution in [3.8, 4) is 0 Å². The number of fused-ring (bicyclic) bond motifs is 1. The van der Waals surface area contributed by atoms with Crippen LogP contribution in [0, 0.1) is 11.6 Å². The van der Waals surface area contributed by atoms with Gasteiger partial charge in [0.15, 0.2) is 5.78 Å². The van der Waals surface area contributed by atoms with Gasteiger partial charge in [0.2, 0.25) is 0 Å². The molecule has 138 valence electrons. The molecule has 0 spiro atoms. The SMILES string of the molecule is O=C(c1ccc2ccccc2c1)C(Cc1ccc(F)cc1)c1ccc(F)cc1. The third-order valence-electron chi connectivity index (χ3n) is 4.98. The van der Waals surface area contributed by atoms with Crippen LogP contribution in [0.4, 0.5) is 8.78 Å². The monoisotopic (exact) mass is 372 g/mol. The number of benzene rings is 4. The minimum absolute atomic E-state index is 0.0401. The Kier molecular flexibility index (Phi) is 4.98. The summed E-state index contributed by atoms with van der Waals surface area (Å²) in [4.78, 5) is 13.4. The van der Waals surface area contributed by atoms with E-state index >= 15 is 0 Å². The molecule has 0 aliphatic rings. The average Bonchev–Trinajstić information content (AvgIpc) is 2.73. The summed E-state index contributed by atoms with van der Waals surface area (Å²) in [7, 11) is 0. The number of hydrogen-bond acceptors (Lipinski definition) is 1. The van der Waals surface area contributed by atoms with Gasteiger partial charge in [0.05, 0.1) is 5.92 Å². The van der Waals surface area contributed by atoms with Crippen molar-refractivity contribution < 1.29 is 13.6 Å². The van der Waals surface area contributed by atoms with Crippen molar-refractivity contribution in [2.45, 2.75) is 12.3 Å². The van der Waals surface area contributed by atoms with E-state index in [0.717, 1.165) is 21.9 Å². The molecule has 0 heterocycles. The van der Waals surface area contributed by atoms with Gasteiger partial charge in [0.1, 0.15) is 11.6 Å². The van der Waals surface area contributed by atoms with Crippen molar-refractivity contribution in [1.29, 1.82) is 0 Å². The van der Waals surface area contributed by atoms with Gasteiger partial charge in [0.25, 0.3) is 0 Å². The zero-order valence-electron chi connectivity index (χ0n) is 15.1. The lowest BCUT2D eigenvalue weighted by Crippen LogP contribution is -2.16. The molecule has 3 heteroatoms. The number of carbonyl (C=O) groups excluding carboxylic acids is 1. The Labute approximate surface area is 162 Å². The number of rotatable bonds is 5. The number of Topliss-reactive ketones (excluding diaryl/α,β-unsaturated/α-hetero) is 1. The number of carbonyl (C=O) groups is 1. The van der Waals surface area contributed by atoms with Gasteiger partial charge < -0.3 is 0 Å². The molecular formula is C25H18F2O. The predicted octanol–water partition coefficient (Wildman–Crippen LogP) is 6.33. The summed E-state index contributed by atoms with van der Waals surface area (Å²) in [6.45, 7) is 0. The zero-order chi connectivity index (χ0) is 19.5. The minimum atomic E-state index is -0.479. The van der Waals surface area contributed by atoms with Crippen LogP contribution in [0.2, 0.25) is 0 Å². The molecule has 0 amide bonds. The Morgan fingerprint density at radius 3 is 2.00 bits per heavy atom. The van der Waals surface area contributed by atoms with Gasteiger partial charge >= 0.3 is 0 Å². The van der Waals surface area contributed by atoms with Gasteiger partial charge in [-0.05, 0) is 58.7 Å². The van der Waals surface area contributed by atoms with Gasteiger partial charge in [-0.25, -0.2) is 8.78 Å². The van der Waals surface area contributed by atoms with E-state index < -0.39 is 5.92 Å². The molecule has 0 aromatic heterocycles. The number of hydrogen-bond donors (Lipinski definition) is 0. The van der Waals surface area contributed by atoms with Crippen LogP contribution in [0.1, 0.15) is 27.4 Å². The van der Waals surface area contributed by atoms with Gasteiger partial charge in [-0.2, -0.15) is 0 Å². The Bertz CT molecular complexity index is 1120. The van der Waals surface area contributed by atoms with E-state index in [9.17, 15) is 13.6 Å². The van der Waals surface area contributed by atoms with E-state index in [4.69, 9.17) is 0 Å². The highest BCUT2D eigenvalue weighted by Crippen LogP contribution is 2.27. The molecule has 0 N–H and O–H groups in total. The van der Waals surface area contributed by atoms with Gasteiger partial charge in [0, 0.05) is 5.56 Å². The summed E-state index contributed by atoms with van der Waals surface area (Å²) in [6, 6.07) is 25.7. The Morgan fingerprint density at radius 2 is 1.32 bits per heavy atom. The second kappa shape index (κ2) is 7.73. The van der Waals surface area contributed by atoms with Crippen molar-refractivity contribution in [3.63, 3.8) is 0 Å². The fourth-order valence-corrected chi connectivity index (χ4v) is 3.46. The van der Waals surface area contributed by atoms with Gasteiger partial charge in [-0.3, -0.25) is 4.79 Å². The van der Waals surface area contributed by atoms with Crippen LogP contribution in [0.25, 0.3) is 10.8 Å². The molecule has 0 fully saturated rings. The largest absolute Gasteiger partial charge is 0.293 e. The topological polar surface area (TPSA) is 17.1 Å². The van der Waals surface area contributed by atoms with Crippen LogP contribution in [0.5, 0.6) is 0 Å². The number of ketones is 1. The highest BCUT2D eigenvalue weighted by Gasteiger charge is 2.23. The van der Waals surface area contributed by atoms with E-state index in [0.29, 0.717) is 12.0 Å². The maximum atomic E-state index is 13.4. The van der Waals surface area contributed by atoms with E-state index in [1.54, 1.807) is 24.3 Å². The van der Waals surface area contributed by atoms with Crippen molar-refractivity contribution >= 4 is 16.6 Å². The molecule has 0 aliphatic carbocycles. The maximum absolute atomic E-state index is 13.4. The van der Waals surface area contributed by atoms with Crippen LogP contribution >= 0.6 is 0 Å². The second-order valence-corrected chi connectivity index (χ2v) is 6.86. The summed E-state index contributed by atoms with van der Waals surface area (Å²) < 4.78 is 26.6. The predicted molar refractivity (Wildman–Crippen MR) is 108 cm³/mol. The normalized spacial score (nSPS) is 12.1. The Balaban J connectivity index is 1.73. The van der Waals surface area contributed by atoms with Crippen molar-refractivity contribution in [2.75, 3.05) is 0 Å². The van der Waals surface area contributed by atoms with Crippen LogP contribution in [-0.4, -0.2) is 5.78 Å². The first-order chi connectivity index (χ1) is 13.6. The maximum Gasteiger partial charge on any atom is 0.170 e. The van der Waals surface area contributed by atoms with E-state index in [1.165, 1.54) is 24.3 Å². The van der Waals surface area contributed by atoms with Crippen LogP contribution in [-0.2, 0) is 6.42 Å². The molecule has 0 radical (unpaired) electrons. The van der Waals surface area contributed by atoms with Gasteiger partial charge in [-0.1, -0.05) is 60.7 Å². The fourth-order valence-electron chi connectivity index (χ4n) is 3.46. The molecule has 1 unspecified atom stereocenters. The molecule has 1 nitrogen and oxygen atoms in total. The third-order valence-corrected chi connectivity index (χ3v) is 4.98. The average molecular weight is 372 g/mol. The summed E-state index contributed by atoms with van der Waals surface area (Å²) in [6.07, 6.45) is 0.414. The summed E-state index contributed by atoms with van der Waals surface area (Å²) >= 11 is 0. The summed E-state index contributed by atoms with van der Waals surface area (Å²) in [5.41, 5.74) is 2.20. The van der Waals surface area contributed by atoms with Crippen molar-refractivity contribution in [1.82, 2.24) is 0 Å². The first kappa shape index (κ1) is 18.1. The lowest BCUT2D eigenvalue weighted by Gasteiger charge is -2.17. The third kappa shape index (κ3) is 3.84. The zero-order valence-corrected chi connectivity index (χ0v) is 15.1. The number of halogens is 2. The molecule has 4 aromatic carbocycles. The fraction of sp³-hybridized carbons (Fsp3) is 0.0800. The second-order valence-electron chi connectivity index (χ2n) is 6.86. The quantitative estimate of drug-likeness (QED) is 0.374. The summed E-state index contributed by atoms with van der Waals surface area (Å²) in [5, 5.41) is 2.06. The Hall–Kier alpha value is -3.33. The van der Waals surface area contributed by atoms with E-state index in [1.807, 2.05) is 42.5 Å². The highest BCUT2D eigenvalue weighted by atomic mass is 19.1. The molecule has 0 saturated carbocycles. The van der Waals surface area contributed by atoms with Crippen molar-refractivity contribution in [3.05, 3.63) is 119 Å². The Morgan fingerprint density at radius 1 is 0.714 bits per heavy atom. The first-order valence-corrected chi connectivity index (χ1v) is 9.13. The van der Waals surface area contributed by atoms with Gasteiger partial charge in [-0.15, -0.1) is 0 Å². The van der Waals surface area contributed by atoms with Crippen LogP contribution < -0.4 is 0 Å². The van der Waals surface area contributed by atoms with Crippen LogP contribution in [0.15, 0.2) is 91.0 Å². The molecule has 0 aliphatic heterocycles. The highest BCUT2D eigenvalue weighted by molar-refractivity contribution is 6.03. The first-order valence-electron chi connectivity index (χ1n) is 9.13. The molecular weight excluding hydrogens is 354 g/mol. The molecule has 0 bridgehead atoms. The summed E-state index contributed by atoms with van der Waals surface area (Å²) in [5.74, 6) is -1.18. The minimum Gasteiger partial charge on any atom is -0.293 e. The van der Waals surface area contributed by atoms with Crippen LogP contribution in [0.3, 0.4) is 0 Å². The van der Waals surface area contributed by atoms with Crippen molar-refractivity contribution in [2.24, 2.45) is 0 Å². The van der Waals surface area contributed by atoms with E-state index in [-0.39, 0.29) is 17.4 Å². The molecule has 4 aromatic rings. The standard InChI is InChI=1S/C25H18F2O/c26-22-11-5-17(6-12-22)15-24(19-9-13-23(27)14-10-19)25(28)21-8-7-18-3-1-2-4-20(18)16-21/h1-14,16,24H,15H2.